The second-order valence-corrected chi connectivity index (χ2v) is 7.98. The van der Waals surface area contributed by atoms with Crippen molar-refractivity contribution in [1.29, 1.82) is 0 Å². The third-order valence-corrected chi connectivity index (χ3v) is 5.05. The van der Waals surface area contributed by atoms with E-state index >= 15 is 0 Å². The second-order valence-electron chi connectivity index (χ2n) is 7.98. The van der Waals surface area contributed by atoms with Gasteiger partial charge >= 0.3 is 17.9 Å². The highest BCUT2D eigenvalue weighted by molar-refractivity contribution is 5.73. The summed E-state index contributed by atoms with van der Waals surface area (Å²) in [5.74, 6) is -3.61. The van der Waals surface area contributed by atoms with E-state index in [0.29, 0.717) is 0 Å². The van der Waals surface area contributed by atoms with Crippen molar-refractivity contribution in [3.05, 3.63) is 12.2 Å². The maximum atomic E-state index is 11.1. The third kappa shape index (κ3) is 16.7. The van der Waals surface area contributed by atoms with Crippen LogP contribution in [0.3, 0.4) is 0 Å². The Balaban J connectivity index is 4.08. The van der Waals surface area contributed by atoms with Crippen LogP contribution in [0.5, 0.6) is 0 Å². The van der Waals surface area contributed by atoms with Crippen molar-refractivity contribution in [3.8, 4) is 0 Å². The number of carboxylic acids is 3. The van der Waals surface area contributed by atoms with Gasteiger partial charge in [-0.2, -0.15) is 0 Å². The standard InChI is InChI=1S/C22H39NO6/c1-2-3-4-5-6-7-8-9-10-11-12-13-14-15-16-23(17-20(24)25,18-21(26)27)19-22(28)29/h14-15H,2-13,16-19H2,1H3,(H2-,24,25,26,27,28,29)/p+1/b15-14+. The van der Waals surface area contributed by atoms with Gasteiger partial charge in [0.2, 0.25) is 0 Å². The lowest BCUT2D eigenvalue weighted by atomic mass is 10.1. The predicted molar refractivity (Wildman–Crippen MR) is 113 cm³/mol. The molecule has 3 N–H and O–H groups in total. The summed E-state index contributed by atoms with van der Waals surface area (Å²) in [5.41, 5.74) is 0. The highest BCUT2D eigenvalue weighted by Crippen LogP contribution is 2.12. The van der Waals surface area contributed by atoms with Crippen LogP contribution in [0.25, 0.3) is 0 Å². The highest BCUT2D eigenvalue weighted by atomic mass is 16.4. The lowest BCUT2D eigenvalue weighted by molar-refractivity contribution is -0.902. The monoisotopic (exact) mass is 414 g/mol. The van der Waals surface area contributed by atoms with Crippen molar-refractivity contribution in [3.63, 3.8) is 0 Å². The molecule has 0 radical (unpaired) electrons. The quantitative estimate of drug-likeness (QED) is 0.155. The Kier molecular flexibility index (Phi) is 15.9. The SMILES string of the molecule is CCCCCCCCCCCCC/C=C/C[N+](CC(=O)O)(CC(=O)O)CC(=O)O. The number of nitrogens with zero attached hydrogens (tertiary/aromatic N) is 1. The first-order valence-corrected chi connectivity index (χ1v) is 11.0. The zero-order chi connectivity index (χ0) is 22.0. The van der Waals surface area contributed by atoms with Gasteiger partial charge in [-0.15, -0.1) is 0 Å². The van der Waals surface area contributed by atoms with Crippen molar-refractivity contribution in [1.82, 2.24) is 0 Å². The van der Waals surface area contributed by atoms with Gasteiger partial charge < -0.3 is 15.3 Å². The van der Waals surface area contributed by atoms with Crippen molar-refractivity contribution in [2.75, 3.05) is 26.2 Å². The van der Waals surface area contributed by atoms with E-state index in [1.54, 1.807) is 6.08 Å². The van der Waals surface area contributed by atoms with Crippen LogP contribution in [0.4, 0.5) is 0 Å². The Morgan fingerprint density at radius 2 is 1.00 bits per heavy atom. The molecule has 0 aromatic rings. The molecular weight excluding hydrogens is 374 g/mol. The first kappa shape index (κ1) is 27.1. The summed E-state index contributed by atoms with van der Waals surface area (Å²) in [6.07, 6.45) is 18.4. The molecule has 0 atom stereocenters. The van der Waals surface area contributed by atoms with Crippen LogP contribution in [0.1, 0.15) is 84.0 Å². The van der Waals surface area contributed by atoms with Crippen LogP contribution < -0.4 is 0 Å². The Labute approximate surface area is 175 Å². The topological polar surface area (TPSA) is 112 Å². The molecule has 0 saturated heterocycles. The molecule has 0 rings (SSSR count). The number of rotatable bonds is 20. The predicted octanol–water partition coefficient (Wildman–Crippen LogP) is 4.31. The number of hydrogen-bond acceptors (Lipinski definition) is 3. The fraction of sp³-hybridized carbons (Fsp3) is 0.773. The lowest BCUT2D eigenvalue weighted by Crippen LogP contribution is -2.56. The maximum absolute atomic E-state index is 11.1. The largest absolute Gasteiger partial charge is 0.477 e. The number of allylic oxidation sites excluding steroid dienone is 1. The minimum absolute atomic E-state index is 0.0862. The first-order chi connectivity index (χ1) is 13.8. The molecule has 0 amide bonds. The van der Waals surface area contributed by atoms with E-state index in [0.717, 1.165) is 19.3 Å². The van der Waals surface area contributed by atoms with E-state index < -0.39 is 42.0 Å². The molecule has 7 nitrogen and oxygen atoms in total. The van der Waals surface area contributed by atoms with Gasteiger partial charge in [0.1, 0.15) is 0 Å². The fourth-order valence-corrected chi connectivity index (χ4v) is 3.56. The van der Waals surface area contributed by atoms with Gasteiger partial charge in [-0.3, -0.25) is 4.48 Å². The molecule has 0 bridgehead atoms. The molecule has 0 aromatic carbocycles. The van der Waals surface area contributed by atoms with Gasteiger partial charge in [0.15, 0.2) is 19.6 Å². The molecule has 0 aliphatic rings. The zero-order valence-electron chi connectivity index (χ0n) is 18.0. The van der Waals surface area contributed by atoms with E-state index in [2.05, 4.69) is 6.92 Å². The number of hydrogen-bond donors (Lipinski definition) is 3. The Hall–Kier alpha value is -1.89. The van der Waals surface area contributed by atoms with Crippen LogP contribution >= 0.6 is 0 Å². The Bertz CT molecular complexity index is 463. The van der Waals surface area contributed by atoms with Crippen molar-refractivity contribution in [2.45, 2.75) is 84.0 Å². The molecule has 0 spiro atoms. The van der Waals surface area contributed by atoms with E-state index in [1.807, 2.05) is 6.08 Å². The average Bonchev–Trinajstić information content (AvgIpc) is 2.60. The maximum Gasteiger partial charge on any atom is 0.359 e. The van der Waals surface area contributed by atoms with Gasteiger partial charge in [-0.1, -0.05) is 77.2 Å². The van der Waals surface area contributed by atoms with Crippen LogP contribution in [-0.4, -0.2) is 63.9 Å². The number of aliphatic carboxylic acids is 3. The first-order valence-electron chi connectivity index (χ1n) is 11.0. The van der Waals surface area contributed by atoms with Crippen LogP contribution in [-0.2, 0) is 14.4 Å². The van der Waals surface area contributed by atoms with Crippen LogP contribution in [0, 0.1) is 0 Å². The molecule has 29 heavy (non-hydrogen) atoms. The summed E-state index contributed by atoms with van der Waals surface area (Å²) in [6, 6.07) is 0. The summed E-state index contributed by atoms with van der Waals surface area (Å²) in [6.45, 7) is 0.736. The summed E-state index contributed by atoms with van der Waals surface area (Å²) in [4.78, 5) is 33.3. The van der Waals surface area contributed by atoms with Gasteiger partial charge in [-0.05, 0) is 18.9 Å². The van der Waals surface area contributed by atoms with E-state index in [-0.39, 0.29) is 6.54 Å². The molecule has 0 unspecified atom stereocenters. The Morgan fingerprint density at radius 1 is 0.621 bits per heavy atom. The summed E-state index contributed by atoms with van der Waals surface area (Å²) < 4.78 is -0.519. The third-order valence-electron chi connectivity index (χ3n) is 5.05. The second kappa shape index (κ2) is 17.0. The zero-order valence-corrected chi connectivity index (χ0v) is 18.0. The van der Waals surface area contributed by atoms with Gasteiger partial charge in [0, 0.05) is 0 Å². The van der Waals surface area contributed by atoms with Crippen molar-refractivity contribution < 1.29 is 34.2 Å². The molecular formula is C22H40NO6+. The summed E-state index contributed by atoms with van der Waals surface area (Å²) in [7, 11) is 0. The van der Waals surface area contributed by atoms with Crippen molar-refractivity contribution >= 4 is 17.9 Å². The number of carboxylic acid groups (broad SMARTS) is 3. The van der Waals surface area contributed by atoms with Crippen LogP contribution in [0.15, 0.2) is 12.2 Å². The summed E-state index contributed by atoms with van der Waals surface area (Å²) >= 11 is 0. The lowest BCUT2D eigenvalue weighted by Gasteiger charge is -2.33. The highest BCUT2D eigenvalue weighted by Gasteiger charge is 2.34. The fourth-order valence-electron chi connectivity index (χ4n) is 3.56. The van der Waals surface area contributed by atoms with E-state index in [1.165, 1.54) is 57.8 Å². The van der Waals surface area contributed by atoms with E-state index in [9.17, 15) is 14.4 Å². The smallest absolute Gasteiger partial charge is 0.359 e. The molecule has 0 aliphatic heterocycles. The number of carbonyl (C=O) groups is 3. The number of unbranched alkanes of at least 4 members (excludes halogenated alkanes) is 11. The minimum Gasteiger partial charge on any atom is -0.477 e. The Morgan fingerprint density at radius 3 is 1.38 bits per heavy atom. The van der Waals surface area contributed by atoms with Crippen LogP contribution in [0.2, 0.25) is 0 Å². The molecule has 0 aliphatic carbocycles. The molecule has 7 heteroatoms. The molecule has 0 heterocycles. The molecule has 168 valence electrons. The van der Waals surface area contributed by atoms with Gasteiger partial charge in [-0.25, -0.2) is 14.4 Å². The normalized spacial score (nSPS) is 11.8. The van der Waals surface area contributed by atoms with Gasteiger partial charge in [0.05, 0.1) is 6.54 Å². The van der Waals surface area contributed by atoms with E-state index in [4.69, 9.17) is 15.3 Å². The molecule has 0 saturated carbocycles. The van der Waals surface area contributed by atoms with Gasteiger partial charge in [0.25, 0.3) is 0 Å². The molecule has 0 aromatic heterocycles. The number of quaternary nitrogens is 1. The average molecular weight is 415 g/mol. The summed E-state index contributed by atoms with van der Waals surface area (Å²) in [5, 5.41) is 27.2. The molecule has 0 fully saturated rings. The minimum atomic E-state index is -1.20. The van der Waals surface area contributed by atoms with Crippen molar-refractivity contribution in [2.24, 2.45) is 0 Å².